The van der Waals surface area contributed by atoms with Crippen LogP contribution in [0.3, 0.4) is 0 Å². The van der Waals surface area contributed by atoms with E-state index >= 15 is 0 Å². The van der Waals surface area contributed by atoms with E-state index in [1.807, 2.05) is 44.2 Å². The molecule has 0 aliphatic heterocycles. The Kier molecular flexibility index (Phi) is 5.23. The maximum absolute atomic E-state index is 13.8. The molecule has 1 atom stereocenters. The molecule has 0 fully saturated rings. The Morgan fingerprint density at radius 3 is 2.14 bits per heavy atom. The summed E-state index contributed by atoms with van der Waals surface area (Å²) in [5, 5.41) is 0. The summed E-state index contributed by atoms with van der Waals surface area (Å²) in [5.41, 5.74) is 1.88. The molecular formula is C17H18BrFO2. The number of benzene rings is 2. The van der Waals surface area contributed by atoms with Crippen LogP contribution in [-0.2, 0) is 0 Å². The maximum Gasteiger partial charge on any atom is 0.165 e. The fraction of sp³-hybridized carbons (Fsp3) is 0.294. The van der Waals surface area contributed by atoms with Crippen molar-refractivity contribution < 1.29 is 13.9 Å². The summed E-state index contributed by atoms with van der Waals surface area (Å²) < 4.78 is 24.3. The number of alkyl halides is 1. The lowest BCUT2D eigenvalue weighted by Gasteiger charge is -2.14. The number of halogens is 2. The molecule has 0 bridgehead atoms. The van der Waals surface area contributed by atoms with Crippen LogP contribution in [0.25, 0.3) is 0 Å². The van der Waals surface area contributed by atoms with Gasteiger partial charge in [-0.2, -0.15) is 0 Å². The first-order valence-corrected chi connectivity index (χ1v) is 7.67. The standard InChI is InChI=1S/C17H18BrFO2/c1-11(2)21-14-7-4-12(5-8-14)17(18)13-6-9-16(20-3)15(19)10-13/h4-11,17H,1-3H3. The van der Waals surface area contributed by atoms with E-state index in [1.165, 1.54) is 13.2 Å². The van der Waals surface area contributed by atoms with Crippen molar-refractivity contribution in [3.05, 3.63) is 59.4 Å². The molecule has 0 heterocycles. The average molecular weight is 353 g/mol. The van der Waals surface area contributed by atoms with Crippen molar-refractivity contribution in [2.75, 3.05) is 7.11 Å². The molecule has 0 aliphatic rings. The molecule has 0 aromatic heterocycles. The molecule has 112 valence electrons. The fourth-order valence-corrected chi connectivity index (χ4v) is 2.61. The summed E-state index contributed by atoms with van der Waals surface area (Å²) >= 11 is 3.60. The van der Waals surface area contributed by atoms with Gasteiger partial charge in [0, 0.05) is 0 Å². The second-order valence-electron chi connectivity index (χ2n) is 4.99. The monoisotopic (exact) mass is 352 g/mol. The highest BCUT2D eigenvalue weighted by atomic mass is 79.9. The SMILES string of the molecule is COc1ccc(C(Br)c2ccc(OC(C)C)cc2)cc1F. The molecule has 4 heteroatoms. The molecule has 2 rings (SSSR count). The lowest BCUT2D eigenvalue weighted by atomic mass is 10.0. The molecule has 0 aliphatic carbocycles. The van der Waals surface area contributed by atoms with Gasteiger partial charge in [-0.15, -0.1) is 0 Å². The van der Waals surface area contributed by atoms with E-state index in [0.29, 0.717) is 0 Å². The van der Waals surface area contributed by atoms with Gasteiger partial charge in [0.1, 0.15) is 5.75 Å². The van der Waals surface area contributed by atoms with Crippen molar-refractivity contribution >= 4 is 15.9 Å². The molecule has 2 aromatic carbocycles. The molecule has 0 saturated carbocycles. The third-order valence-electron chi connectivity index (χ3n) is 3.01. The summed E-state index contributed by atoms with van der Waals surface area (Å²) in [7, 11) is 1.46. The predicted octanol–water partition coefficient (Wildman–Crippen LogP) is 5.11. The predicted molar refractivity (Wildman–Crippen MR) is 85.9 cm³/mol. The van der Waals surface area contributed by atoms with Crippen LogP contribution in [0, 0.1) is 5.82 Å². The van der Waals surface area contributed by atoms with Gasteiger partial charge in [-0.05, 0) is 49.2 Å². The van der Waals surface area contributed by atoms with Gasteiger partial charge in [-0.1, -0.05) is 34.1 Å². The number of hydrogen-bond donors (Lipinski definition) is 0. The van der Waals surface area contributed by atoms with Crippen LogP contribution in [0.4, 0.5) is 4.39 Å². The highest BCUT2D eigenvalue weighted by Crippen LogP contribution is 2.33. The van der Waals surface area contributed by atoms with Crippen LogP contribution in [0.1, 0.15) is 29.8 Å². The highest BCUT2D eigenvalue weighted by molar-refractivity contribution is 9.09. The van der Waals surface area contributed by atoms with Crippen LogP contribution >= 0.6 is 15.9 Å². The number of ether oxygens (including phenoxy) is 2. The lowest BCUT2D eigenvalue weighted by Crippen LogP contribution is -2.05. The molecule has 2 aromatic rings. The topological polar surface area (TPSA) is 18.5 Å². The van der Waals surface area contributed by atoms with Crippen LogP contribution in [0.5, 0.6) is 11.5 Å². The molecule has 0 saturated heterocycles. The normalized spacial score (nSPS) is 12.3. The van der Waals surface area contributed by atoms with Crippen molar-refractivity contribution in [3.8, 4) is 11.5 Å². The largest absolute Gasteiger partial charge is 0.494 e. The fourth-order valence-electron chi connectivity index (χ4n) is 2.02. The highest BCUT2D eigenvalue weighted by Gasteiger charge is 2.13. The molecule has 0 N–H and O–H groups in total. The summed E-state index contributed by atoms with van der Waals surface area (Å²) in [6.07, 6.45) is 0.145. The van der Waals surface area contributed by atoms with E-state index in [2.05, 4.69) is 15.9 Å². The van der Waals surface area contributed by atoms with Gasteiger partial charge in [-0.3, -0.25) is 0 Å². The van der Waals surface area contributed by atoms with Gasteiger partial charge in [-0.25, -0.2) is 4.39 Å². The third-order valence-corrected chi connectivity index (χ3v) is 4.07. The van der Waals surface area contributed by atoms with Crippen molar-refractivity contribution in [2.24, 2.45) is 0 Å². The molecular weight excluding hydrogens is 335 g/mol. The van der Waals surface area contributed by atoms with Crippen molar-refractivity contribution in [3.63, 3.8) is 0 Å². The number of methoxy groups -OCH3 is 1. The number of hydrogen-bond acceptors (Lipinski definition) is 2. The maximum atomic E-state index is 13.8. The molecule has 2 nitrogen and oxygen atoms in total. The average Bonchev–Trinajstić information content (AvgIpc) is 2.46. The minimum Gasteiger partial charge on any atom is -0.494 e. The lowest BCUT2D eigenvalue weighted by molar-refractivity contribution is 0.242. The van der Waals surface area contributed by atoms with E-state index < -0.39 is 0 Å². The van der Waals surface area contributed by atoms with E-state index in [1.54, 1.807) is 6.07 Å². The van der Waals surface area contributed by atoms with Gasteiger partial charge in [0.25, 0.3) is 0 Å². The second kappa shape index (κ2) is 6.94. The summed E-state index contributed by atoms with van der Waals surface area (Å²) in [6.45, 7) is 3.97. The smallest absolute Gasteiger partial charge is 0.165 e. The zero-order chi connectivity index (χ0) is 15.4. The zero-order valence-corrected chi connectivity index (χ0v) is 13.9. The van der Waals surface area contributed by atoms with Gasteiger partial charge in [0.2, 0.25) is 0 Å². The van der Waals surface area contributed by atoms with Crippen molar-refractivity contribution in [1.82, 2.24) is 0 Å². The minimum absolute atomic E-state index is 0.0778. The van der Waals surface area contributed by atoms with Gasteiger partial charge in [0.05, 0.1) is 18.0 Å². The first kappa shape index (κ1) is 15.8. The Labute approximate surface area is 133 Å². The van der Waals surface area contributed by atoms with Gasteiger partial charge >= 0.3 is 0 Å². The summed E-state index contributed by atoms with van der Waals surface area (Å²) in [5.74, 6) is 0.715. The Balaban J connectivity index is 2.19. The van der Waals surface area contributed by atoms with Crippen LogP contribution in [0.2, 0.25) is 0 Å². The first-order valence-electron chi connectivity index (χ1n) is 6.75. The van der Waals surface area contributed by atoms with Crippen LogP contribution in [0.15, 0.2) is 42.5 Å². The number of rotatable bonds is 5. The molecule has 0 radical (unpaired) electrons. The van der Waals surface area contributed by atoms with Crippen molar-refractivity contribution in [2.45, 2.75) is 24.8 Å². The molecule has 1 unspecified atom stereocenters. The van der Waals surface area contributed by atoms with E-state index in [9.17, 15) is 4.39 Å². The summed E-state index contributed by atoms with van der Waals surface area (Å²) in [6, 6.07) is 12.7. The summed E-state index contributed by atoms with van der Waals surface area (Å²) in [4.78, 5) is -0.0778. The quantitative estimate of drug-likeness (QED) is 0.696. The first-order chi connectivity index (χ1) is 10.0. The van der Waals surface area contributed by atoms with Crippen LogP contribution < -0.4 is 9.47 Å². The Morgan fingerprint density at radius 1 is 1.00 bits per heavy atom. The zero-order valence-electron chi connectivity index (χ0n) is 12.3. The molecule has 0 amide bonds. The van der Waals surface area contributed by atoms with Gasteiger partial charge < -0.3 is 9.47 Å². The van der Waals surface area contributed by atoms with Crippen molar-refractivity contribution in [1.29, 1.82) is 0 Å². The molecule has 0 spiro atoms. The third kappa shape index (κ3) is 3.97. The Hall–Kier alpha value is -1.55. The van der Waals surface area contributed by atoms with E-state index in [4.69, 9.17) is 9.47 Å². The van der Waals surface area contributed by atoms with E-state index in [0.717, 1.165) is 16.9 Å². The van der Waals surface area contributed by atoms with Crippen LogP contribution in [-0.4, -0.2) is 13.2 Å². The van der Waals surface area contributed by atoms with Gasteiger partial charge in [0.15, 0.2) is 11.6 Å². The Bertz CT molecular complexity index is 596. The minimum atomic E-state index is -0.362. The van der Waals surface area contributed by atoms with E-state index in [-0.39, 0.29) is 22.5 Å². The molecule has 21 heavy (non-hydrogen) atoms. The Morgan fingerprint density at radius 2 is 1.62 bits per heavy atom. The second-order valence-corrected chi connectivity index (χ2v) is 5.91.